The summed E-state index contributed by atoms with van der Waals surface area (Å²) in [6.45, 7) is -1.69. The van der Waals surface area contributed by atoms with E-state index in [1.54, 1.807) is 0 Å². The summed E-state index contributed by atoms with van der Waals surface area (Å²) >= 11 is 0. The third-order valence-electron chi connectivity index (χ3n) is 3.02. The van der Waals surface area contributed by atoms with Crippen LogP contribution in [0.25, 0.3) is 0 Å². The standard InChI is InChI=1S/2C6H12O7.Co.H2O/c2*7-1-2(8)3(9)4(10)5(11)6(12)13;;/h2*2-5,7-11H,1H2,(H,12,13);;1H2. The van der Waals surface area contributed by atoms with Crippen molar-refractivity contribution in [2.24, 2.45) is 0 Å². The topological polar surface area (TPSA) is 308 Å². The zero-order chi connectivity index (χ0) is 21.2. The summed E-state index contributed by atoms with van der Waals surface area (Å²) < 4.78 is 0. The van der Waals surface area contributed by atoms with Crippen molar-refractivity contribution in [3.8, 4) is 0 Å². The van der Waals surface area contributed by atoms with E-state index in [-0.39, 0.29) is 22.3 Å². The van der Waals surface area contributed by atoms with Crippen LogP contribution in [0.5, 0.6) is 0 Å². The maximum Gasteiger partial charge on any atom is 0.335 e. The molecule has 0 amide bonds. The van der Waals surface area contributed by atoms with Gasteiger partial charge in [-0.05, 0) is 0 Å². The molecule has 15 nitrogen and oxygen atoms in total. The molecular weight excluding hydrogens is 443 g/mol. The second-order valence-corrected chi connectivity index (χ2v) is 5.03. The number of hydrogen-bond donors (Lipinski definition) is 12. The largest absolute Gasteiger partial charge is 0.479 e. The van der Waals surface area contributed by atoms with Crippen LogP contribution in [-0.2, 0) is 26.4 Å². The molecule has 0 saturated heterocycles. The Balaban J connectivity index is -0.000000192. The van der Waals surface area contributed by atoms with Crippen molar-refractivity contribution in [3.63, 3.8) is 0 Å². The second-order valence-electron chi connectivity index (χ2n) is 5.03. The summed E-state index contributed by atoms with van der Waals surface area (Å²) in [7, 11) is 0. The predicted octanol–water partition coefficient (Wildman–Crippen LogP) is -7.81. The van der Waals surface area contributed by atoms with E-state index in [9.17, 15) is 9.59 Å². The molecule has 16 heteroatoms. The van der Waals surface area contributed by atoms with Gasteiger partial charge in [0.1, 0.15) is 36.6 Å². The number of carbonyl (C=O) groups is 2. The third kappa shape index (κ3) is 11.8. The zero-order valence-electron chi connectivity index (χ0n) is 14.0. The Morgan fingerprint density at radius 2 is 0.786 bits per heavy atom. The fourth-order valence-electron chi connectivity index (χ4n) is 1.34. The molecule has 0 heterocycles. The summed E-state index contributed by atoms with van der Waals surface area (Å²) in [5.41, 5.74) is 0. The summed E-state index contributed by atoms with van der Waals surface area (Å²) in [6.07, 6.45) is -15.7. The number of aliphatic carboxylic acids is 2. The molecule has 0 aliphatic heterocycles. The third-order valence-corrected chi connectivity index (χ3v) is 3.02. The van der Waals surface area contributed by atoms with Crippen LogP contribution in [-0.4, -0.2) is 141 Å². The van der Waals surface area contributed by atoms with Crippen molar-refractivity contribution in [2.45, 2.75) is 48.8 Å². The quantitative estimate of drug-likeness (QED) is 0.141. The Hall–Kier alpha value is -0.994. The Morgan fingerprint density at radius 1 is 0.571 bits per heavy atom. The molecule has 1 radical (unpaired) electrons. The number of carboxylic acids is 2. The first kappa shape index (κ1) is 34.5. The molecule has 0 aliphatic carbocycles. The Labute approximate surface area is 167 Å². The molecular formula is C12H26CoO15. The average molecular weight is 469 g/mol. The van der Waals surface area contributed by atoms with Gasteiger partial charge in [-0.1, -0.05) is 0 Å². The van der Waals surface area contributed by atoms with Crippen molar-refractivity contribution in [1.29, 1.82) is 0 Å². The van der Waals surface area contributed by atoms with E-state index in [2.05, 4.69) is 0 Å². The smallest absolute Gasteiger partial charge is 0.335 e. The van der Waals surface area contributed by atoms with Gasteiger partial charge in [-0.2, -0.15) is 0 Å². The maximum atomic E-state index is 10.1. The van der Waals surface area contributed by atoms with Gasteiger partial charge < -0.3 is 66.8 Å². The molecule has 0 saturated carbocycles. The summed E-state index contributed by atoms with van der Waals surface area (Å²) in [4.78, 5) is 20.2. The Kier molecular flexibility index (Phi) is 20.8. The predicted molar refractivity (Wildman–Crippen MR) is 81.1 cm³/mol. The van der Waals surface area contributed by atoms with Crippen LogP contribution < -0.4 is 0 Å². The van der Waals surface area contributed by atoms with Crippen molar-refractivity contribution >= 4 is 11.9 Å². The SMILES string of the molecule is O.O=C(O)C(O)C(O)C(O)C(O)CO.O=C(O)C(O)C(O)C(O)C(O)CO.[Co]. The van der Waals surface area contributed by atoms with Crippen LogP contribution in [0.4, 0.5) is 0 Å². The molecule has 14 N–H and O–H groups in total. The first-order valence-electron chi connectivity index (χ1n) is 6.95. The molecule has 173 valence electrons. The molecule has 28 heavy (non-hydrogen) atoms. The van der Waals surface area contributed by atoms with Crippen LogP contribution in [0.1, 0.15) is 0 Å². The van der Waals surface area contributed by atoms with Gasteiger partial charge in [-0.15, -0.1) is 0 Å². The van der Waals surface area contributed by atoms with Crippen LogP contribution >= 0.6 is 0 Å². The Morgan fingerprint density at radius 3 is 0.929 bits per heavy atom. The van der Waals surface area contributed by atoms with Crippen LogP contribution in [0.3, 0.4) is 0 Å². The van der Waals surface area contributed by atoms with Gasteiger partial charge in [0, 0.05) is 16.8 Å². The molecule has 8 atom stereocenters. The van der Waals surface area contributed by atoms with Crippen molar-refractivity contribution < 1.29 is 93.1 Å². The van der Waals surface area contributed by atoms with Crippen molar-refractivity contribution in [1.82, 2.24) is 0 Å². The normalized spacial score (nSPS) is 18.9. The minimum Gasteiger partial charge on any atom is -0.479 e. The molecule has 8 unspecified atom stereocenters. The molecule has 0 spiro atoms. The van der Waals surface area contributed by atoms with Gasteiger partial charge >= 0.3 is 11.9 Å². The minimum atomic E-state index is -2.20. The van der Waals surface area contributed by atoms with Crippen LogP contribution in [0, 0.1) is 0 Å². The van der Waals surface area contributed by atoms with Crippen molar-refractivity contribution in [3.05, 3.63) is 0 Å². The van der Waals surface area contributed by atoms with E-state index in [1.807, 2.05) is 0 Å². The van der Waals surface area contributed by atoms with Gasteiger partial charge in [0.25, 0.3) is 0 Å². The summed E-state index contributed by atoms with van der Waals surface area (Å²) in [5, 5.41) is 104. The number of aliphatic hydroxyl groups is 10. The fraction of sp³-hybridized carbons (Fsp3) is 0.833. The maximum absolute atomic E-state index is 10.1. The molecule has 0 fully saturated rings. The van der Waals surface area contributed by atoms with E-state index >= 15 is 0 Å². The van der Waals surface area contributed by atoms with Crippen LogP contribution in [0.2, 0.25) is 0 Å². The fourth-order valence-corrected chi connectivity index (χ4v) is 1.34. The molecule has 0 aromatic rings. The molecule has 0 rings (SSSR count). The van der Waals surface area contributed by atoms with Gasteiger partial charge in [-0.25, -0.2) is 9.59 Å². The van der Waals surface area contributed by atoms with Crippen LogP contribution in [0.15, 0.2) is 0 Å². The van der Waals surface area contributed by atoms with E-state index in [0.717, 1.165) is 0 Å². The molecule has 0 aromatic carbocycles. The molecule has 0 aliphatic rings. The minimum absolute atomic E-state index is 0. The number of carboxylic acid groups (broad SMARTS) is 2. The number of rotatable bonds is 10. The summed E-state index contributed by atoms with van der Waals surface area (Å²) in [6, 6.07) is 0. The van der Waals surface area contributed by atoms with E-state index in [0.29, 0.717) is 0 Å². The monoisotopic (exact) mass is 469 g/mol. The molecule has 0 aromatic heterocycles. The van der Waals surface area contributed by atoms with E-state index < -0.39 is 74.0 Å². The first-order valence-corrected chi connectivity index (χ1v) is 6.95. The van der Waals surface area contributed by atoms with E-state index in [1.165, 1.54) is 0 Å². The zero-order valence-corrected chi connectivity index (χ0v) is 15.1. The van der Waals surface area contributed by atoms with E-state index in [4.69, 9.17) is 61.3 Å². The second kappa shape index (κ2) is 16.9. The number of aliphatic hydroxyl groups excluding tert-OH is 10. The van der Waals surface area contributed by atoms with Gasteiger partial charge in [0.15, 0.2) is 12.2 Å². The van der Waals surface area contributed by atoms with Gasteiger partial charge in [-0.3, -0.25) is 0 Å². The summed E-state index contributed by atoms with van der Waals surface area (Å²) in [5.74, 6) is -3.45. The Bertz CT molecular complexity index is 386. The average Bonchev–Trinajstić information content (AvgIpc) is 2.62. The van der Waals surface area contributed by atoms with Gasteiger partial charge in [0.05, 0.1) is 13.2 Å². The number of hydrogen-bond acceptors (Lipinski definition) is 12. The van der Waals surface area contributed by atoms with Crippen molar-refractivity contribution in [2.75, 3.05) is 13.2 Å². The molecule has 0 bridgehead atoms. The first-order chi connectivity index (χ1) is 11.8. The van der Waals surface area contributed by atoms with Gasteiger partial charge in [0.2, 0.25) is 0 Å².